The highest BCUT2D eigenvalue weighted by molar-refractivity contribution is 8.00. The largest absolute Gasteiger partial charge is 0.481 e. The quantitative estimate of drug-likeness (QED) is 0.561. The number of aromatic nitrogens is 1. The van der Waals surface area contributed by atoms with Crippen LogP contribution in [0.25, 0.3) is 10.2 Å². The number of rotatable bonds is 6. The first-order valence-corrected chi connectivity index (χ1v) is 8.34. The molecule has 0 bridgehead atoms. The second-order valence-electron chi connectivity index (χ2n) is 4.24. The van der Waals surface area contributed by atoms with Crippen molar-refractivity contribution in [1.29, 1.82) is 0 Å². The fourth-order valence-corrected chi connectivity index (χ4v) is 3.21. The fraction of sp³-hybridized carbons (Fsp3) is 0.308. The minimum atomic E-state index is -0.863. The van der Waals surface area contributed by atoms with Crippen LogP contribution in [0.5, 0.6) is 0 Å². The molecule has 0 saturated heterocycles. The molecule has 0 spiro atoms. The van der Waals surface area contributed by atoms with Crippen LogP contribution in [0.3, 0.4) is 0 Å². The standard InChI is InChI=1S/C13H15N3O3S2/c1-20-13-16-9-5-4-8(7-10(9)21-13)15-12(19)14-6-2-3-11(17)18/h4-5,7H,2-3,6H2,1H3,(H,17,18)(H2,14,15,19). The topological polar surface area (TPSA) is 91.3 Å². The van der Waals surface area contributed by atoms with Crippen LogP contribution in [-0.4, -0.2) is 34.9 Å². The molecular weight excluding hydrogens is 310 g/mol. The van der Waals surface area contributed by atoms with E-state index >= 15 is 0 Å². The van der Waals surface area contributed by atoms with Gasteiger partial charge in [-0.2, -0.15) is 0 Å². The molecular formula is C13H15N3O3S2. The first-order chi connectivity index (χ1) is 10.1. The third-order valence-electron chi connectivity index (χ3n) is 2.65. The van der Waals surface area contributed by atoms with Gasteiger partial charge < -0.3 is 15.7 Å². The Morgan fingerprint density at radius 1 is 1.43 bits per heavy atom. The van der Waals surface area contributed by atoms with Crippen molar-refractivity contribution in [3.63, 3.8) is 0 Å². The first kappa shape index (κ1) is 15.6. The number of thiazole rings is 1. The lowest BCUT2D eigenvalue weighted by molar-refractivity contribution is -0.137. The number of thioether (sulfide) groups is 1. The first-order valence-electron chi connectivity index (χ1n) is 6.29. The third kappa shape index (κ3) is 4.61. The van der Waals surface area contributed by atoms with Gasteiger partial charge in [0.05, 0.1) is 10.2 Å². The van der Waals surface area contributed by atoms with Crippen LogP contribution >= 0.6 is 23.1 Å². The molecule has 1 heterocycles. The van der Waals surface area contributed by atoms with E-state index in [4.69, 9.17) is 5.11 Å². The number of carbonyl (C=O) groups is 2. The van der Waals surface area contributed by atoms with Gasteiger partial charge in [0, 0.05) is 18.7 Å². The Morgan fingerprint density at radius 2 is 2.24 bits per heavy atom. The number of aliphatic carboxylic acids is 1. The zero-order chi connectivity index (χ0) is 15.2. The number of anilines is 1. The lowest BCUT2D eigenvalue weighted by Crippen LogP contribution is -2.29. The second-order valence-corrected chi connectivity index (χ2v) is 6.33. The molecule has 0 unspecified atom stereocenters. The maximum atomic E-state index is 11.7. The number of nitrogens with one attached hydrogen (secondary N) is 2. The van der Waals surface area contributed by atoms with E-state index in [-0.39, 0.29) is 12.5 Å². The lowest BCUT2D eigenvalue weighted by Gasteiger charge is -2.06. The highest BCUT2D eigenvalue weighted by Crippen LogP contribution is 2.29. The summed E-state index contributed by atoms with van der Waals surface area (Å²) in [5.41, 5.74) is 1.60. The fourth-order valence-electron chi connectivity index (χ4n) is 1.69. The summed E-state index contributed by atoms with van der Waals surface area (Å²) < 4.78 is 2.00. The summed E-state index contributed by atoms with van der Waals surface area (Å²) >= 11 is 3.17. The summed E-state index contributed by atoms with van der Waals surface area (Å²) in [6.07, 6.45) is 2.43. The maximum absolute atomic E-state index is 11.7. The minimum Gasteiger partial charge on any atom is -0.481 e. The van der Waals surface area contributed by atoms with Crippen LogP contribution in [0.15, 0.2) is 22.5 Å². The van der Waals surface area contributed by atoms with Gasteiger partial charge in [-0.3, -0.25) is 4.79 Å². The van der Waals surface area contributed by atoms with Gasteiger partial charge >= 0.3 is 12.0 Å². The molecule has 2 aromatic rings. The highest BCUT2D eigenvalue weighted by atomic mass is 32.2. The van der Waals surface area contributed by atoms with Gasteiger partial charge in [-0.15, -0.1) is 11.3 Å². The van der Waals surface area contributed by atoms with E-state index in [1.807, 2.05) is 18.4 Å². The predicted octanol–water partition coefficient (Wildman–Crippen LogP) is 3.00. The number of urea groups is 1. The van der Waals surface area contributed by atoms with E-state index in [0.29, 0.717) is 18.7 Å². The van der Waals surface area contributed by atoms with Crippen molar-refractivity contribution in [3.8, 4) is 0 Å². The van der Waals surface area contributed by atoms with Crippen LogP contribution in [0.1, 0.15) is 12.8 Å². The SMILES string of the molecule is CSc1nc2ccc(NC(=O)NCCCC(=O)O)cc2s1. The van der Waals surface area contributed by atoms with Crippen molar-refractivity contribution in [2.75, 3.05) is 18.1 Å². The highest BCUT2D eigenvalue weighted by Gasteiger charge is 2.06. The molecule has 0 aliphatic heterocycles. The molecule has 2 rings (SSSR count). The molecule has 0 aliphatic rings. The second kappa shape index (κ2) is 7.28. The average Bonchev–Trinajstić information content (AvgIpc) is 2.85. The number of benzene rings is 1. The van der Waals surface area contributed by atoms with Gasteiger partial charge in [-0.25, -0.2) is 9.78 Å². The molecule has 3 N–H and O–H groups in total. The van der Waals surface area contributed by atoms with E-state index < -0.39 is 5.97 Å². The van der Waals surface area contributed by atoms with Crippen molar-refractivity contribution in [1.82, 2.24) is 10.3 Å². The Hall–Kier alpha value is -1.80. The van der Waals surface area contributed by atoms with Crippen molar-refractivity contribution in [3.05, 3.63) is 18.2 Å². The Kier molecular flexibility index (Phi) is 5.40. The zero-order valence-corrected chi connectivity index (χ0v) is 13.0. The molecule has 112 valence electrons. The van der Waals surface area contributed by atoms with Gasteiger partial charge in [0.25, 0.3) is 0 Å². The van der Waals surface area contributed by atoms with E-state index in [1.165, 1.54) is 0 Å². The molecule has 0 aliphatic carbocycles. The van der Waals surface area contributed by atoms with E-state index in [9.17, 15) is 9.59 Å². The summed E-state index contributed by atoms with van der Waals surface area (Å²) in [4.78, 5) is 26.4. The van der Waals surface area contributed by atoms with E-state index in [1.54, 1.807) is 29.2 Å². The molecule has 6 nitrogen and oxygen atoms in total. The molecule has 0 atom stereocenters. The van der Waals surface area contributed by atoms with Crippen LogP contribution in [0.2, 0.25) is 0 Å². The van der Waals surface area contributed by atoms with Crippen LogP contribution in [0.4, 0.5) is 10.5 Å². The number of hydrogen-bond donors (Lipinski definition) is 3. The number of hydrogen-bond acceptors (Lipinski definition) is 5. The predicted molar refractivity (Wildman–Crippen MR) is 85.3 cm³/mol. The van der Waals surface area contributed by atoms with E-state index in [2.05, 4.69) is 15.6 Å². The number of carboxylic acid groups (broad SMARTS) is 1. The van der Waals surface area contributed by atoms with Gasteiger partial charge in [0.1, 0.15) is 0 Å². The van der Waals surface area contributed by atoms with Gasteiger partial charge in [-0.1, -0.05) is 11.8 Å². The Bertz CT molecular complexity index is 657. The molecule has 1 aromatic heterocycles. The summed E-state index contributed by atoms with van der Waals surface area (Å²) in [5.74, 6) is -0.863. The Morgan fingerprint density at radius 3 is 2.95 bits per heavy atom. The van der Waals surface area contributed by atoms with Crippen LogP contribution < -0.4 is 10.6 Å². The summed E-state index contributed by atoms with van der Waals surface area (Å²) in [5, 5.41) is 13.8. The van der Waals surface area contributed by atoms with Crippen molar-refractivity contribution in [2.45, 2.75) is 17.2 Å². The summed E-state index contributed by atoms with van der Waals surface area (Å²) in [6, 6.07) is 5.20. The van der Waals surface area contributed by atoms with E-state index in [0.717, 1.165) is 14.6 Å². The number of amides is 2. The average molecular weight is 325 g/mol. The number of fused-ring (bicyclic) bond motifs is 1. The normalized spacial score (nSPS) is 10.5. The van der Waals surface area contributed by atoms with Crippen LogP contribution in [-0.2, 0) is 4.79 Å². The minimum absolute atomic E-state index is 0.0462. The van der Waals surface area contributed by atoms with Crippen molar-refractivity contribution in [2.24, 2.45) is 0 Å². The monoisotopic (exact) mass is 325 g/mol. The van der Waals surface area contributed by atoms with Crippen LogP contribution in [0, 0.1) is 0 Å². The van der Waals surface area contributed by atoms with Gasteiger partial charge in [-0.05, 0) is 30.9 Å². The molecule has 8 heteroatoms. The molecule has 0 radical (unpaired) electrons. The summed E-state index contributed by atoms with van der Waals surface area (Å²) in [7, 11) is 0. The molecule has 0 fully saturated rings. The molecule has 1 aromatic carbocycles. The Labute approximate surface area is 130 Å². The number of nitrogens with zero attached hydrogens (tertiary/aromatic N) is 1. The lowest BCUT2D eigenvalue weighted by atomic mass is 10.3. The smallest absolute Gasteiger partial charge is 0.319 e. The van der Waals surface area contributed by atoms with Gasteiger partial charge in [0.2, 0.25) is 0 Å². The maximum Gasteiger partial charge on any atom is 0.319 e. The molecule has 2 amide bonds. The Balaban J connectivity index is 1.90. The van der Waals surface area contributed by atoms with Gasteiger partial charge in [0.15, 0.2) is 4.34 Å². The third-order valence-corrected chi connectivity index (χ3v) is 4.66. The zero-order valence-electron chi connectivity index (χ0n) is 11.4. The molecule has 21 heavy (non-hydrogen) atoms. The number of carbonyl (C=O) groups excluding carboxylic acids is 1. The number of carboxylic acids is 1. The summed E-state index contributed by atoms with van der Waals surface area (Å²) in [6.45, 7) is 0.331. The van der Waals surface area contributed by atoms with Crippen molar-refractivity contribution >= 4 is 51.0 Å². The molecule has 0 saturated carbocycles. The van der Waals surface area contributed by atoms with Crippen molar-refractivity contribution < 1.29 is 14.7 Å².